The van der Waals surface area contributed by atoms with Gasteiger partial charge in [0.15, 0.2) is 11.5 Å². The molecule has 1 saturated heterocycles. The van der Waals surface area contributed by atoms with Crippen molar-refractivity contribution >= 4 is 41.0 Å². The Labute approximate surface area is 262 Å². The lowest BCUT2D eigenvalue weighted by atomic mass is 9.48. The summed E-state index contributed by atoms with van der Waals surface area (Å²) in [6.07, 6.45) is 2.19. The van der Waals surface area contributed by atoms with Crippen LogP contribution in [0.2, 0.25) is 10.0 Å². The molecule has 0 N–H and O–H groups in total. The van der Waals surface area contributed by atoms with Crippen LogP contribution in [0, 0.1) is 5.92 Å². The molecule has 4 aliphatic rings. The quantitative estimate of drug-likeness (QED) is 0.301. The van der Waals surface area contributed by atoms with Gasteiger partial charge in [0.2, 0.25) is 5.91 Å². The summed E-state index contributed by atoms with van der Waals surface area (Å²) in [7, 11) is 2.09. The van der Waals surface area contributed by atoms with Crippen LogP contribution in [0.5, 0.6) is 11.5 Å². The maximum Gasteiger partial charge on any atom is 0.308 e. The largest absolute Gasteiger partial charge is 0.483 e. The van der Waals surface area contributed by atoms with Gasteiger partial charge in [-0.1, -0.05) is 49.2 Å². The summed E-state index contributed by atoms with van der Waals surface area (Å²) in [5.41, 5.74) is 1.29. The van der Waals surface area contributed by atoms with Crippen LogP contribution in [0.3, 0.4) is 0 Å². The van der Waals surface area contributed by atoms with Crippen LogP contribution in [-0.2, 0) is 37.4 Å². The molecular weight excluding hydrogens is 591 g/mol. The molecule has 2 fully saturated rings. The van der Waals surface area contributed by atoms with E-state index < -0.39 is 23.1 Å². The molecule has 43 heavy (non-hydrogen) atoms. The Morgan fingerprint density at radius 1 is 1.09 bits per heavy atom. The normalized spacial score (nSPS) is 28.6. The number of amides is 1. The van der Waals surface area contributed by atoms with Gasteiger partial charge in [0.1, 0.15) is 11.7 Å². The number of carbonyl (C=O) groups excluding carboxylic acids is 3. The van der Waals surface area contributed by atoms with Crippen molar-refractivity contribution in [3.05, 3.63) is 57.1 Å². The van der Waals surface area contributed by atoms with Crippen LogP contribution < -0.4 is 9.47 Å². The number of nitrogens with zero attached hydrogens (tertiary/aromatic N) is 2. The number of esters is 2. The van der Waals surface area contributed by atoms with Gasteiger partial charge in [-0.25, -0.2) is 0 Å². The first-order valence-corrected chi connectivity index (χ1v) is 15.8. The number of ether oxygens (including phenoxy) is 3. The van der Waals surface area contributed by atoms with E-state index in [0.29, 0.717) is 53.8 Å². The summed E-state index contributed by atoms with van der Waals surface area (Å²) in [6.45, 7) is 8.34. The first kappa shape index (κ1) is 30.2. The summed E-state index contributed by atoms with van der Waals surface area (Å²) in [4.78, 5) is 43.4. The molecule has 6 rings (SSSR count). The fourth-order valence-electron chi connectivity index (χ4n) is 8.45. The molecule has 2 aliphatic carbocycles. The molecule has 2 heterocycles. The second kappa shape index (κ2) is 11.0. The summed E-state index contributed by atoms with van der Waals surface area (Å²) < 4.78 is 19.1. The SMILES string of the molecule is CC(=O)Oc1ccc2c3c1O[C@H]1[C@H](N(CC(C)C)C(=O)Cc4ccc(Cl)c(Cl)c4)CC[C@@]4(OC(C)=O)[C@@H](C2)N(C)CC[C@]314. The molecule has 8 nitrogen and oxygen atoms in total. The number of likely N-dealkylation sites (N-methyl/N-ethyl adjacent to an activating group) is 1. The number of carbonyl (C=O) groups is 3. The Morgan fingerprint density at radius 3 is 2.53 bits per heavy atom. The number of halogens is 2. The molecule has 1 saturated carbocycles. The van der Waals surface area contributed by atoms with Crippen molar-refractivity contribution in [1.29, 1.82) is 0 Å². The Bertz CT molecular complexity index is 1500. The minimum Gasteiger partial charge on any atom is -0.483 e. The van der Waals surface area contributed by atoms with E-state index in [1.807, 2.05) is 17.0 Å². The summed E-state index contributed by atoms with van der Waals surface area (Å²) >= 11 is 12.4. The minimum absolute atomic E-state index is 0.0336. The van der Waals surface area contributed by atoms with Crippen LogP contribution >= 0.6 is 23.2 Å². The van der Waals surface area contributed by atoms with Gasteiger partial charge >= 0.3 is 11.9 Å². The third-order valence-corrected chi connectivity index (χ3v) is 10.6. The number of hydrogen-bond acceptors (Lipinski definition) is 7. The first-order chi connectivity index (χ1) is 20.4. The Kier molecular flexibility index (Phi) is 7.71. The molecule has 2 aromatic carbocycles. The zero-order chi connectivity index (χ0) is 30.8. The third kappa shape index (κ3) is 4.72. The van der Waals surface area contributed by atoms with Crippen LogP contribution in [0.25, 0.3) is 0 Å². The highest BCUT2D eigenvalue weighted by Gasteiger charge is 2.75. The molecule has 0 aromatic heterocycles. The second-order valence-corrected chi connectivity index (χ2v) is 13.7. The monoisotopic (exact) mass is 628 g/mol. The van der Waals surface area contributed by atoms with Gasteiger partial charge in [0.25, 0.3) is 0 Å². The maximum absolute atomic E-state index is 14.2. The zero-order valence-electron chi connectivity index (χ0n) is 25.2. The molecule has 1 spiro atoms. The summed E-state index contributed by atoms with van der Waals surface area (Å²) in [5.74, 6) is 0.285. The minimum atomic E-state index is -0.851. The average Bonchev–Trinajstić information content (AvgIpc) is 3.28. The van der Waals surface area contributed by atoms with Gasteiger partial charge in [-0.05, 0) is 74.5 Å². The van der Waals surface area contributed by atoms with E-state index in [2.05, 4.69) is 25.8 Å². The number of piperidine rings is 1. The van der Waals surface area contributed by atoms with Crippen molar-refractivity contribution in [3.8, 4) is 11.5 Å². The molecular formula is C33H38Cl2N2O6. The van der Waals surface area contributed by atoms with Crippen molar-refractivity contribution in [2.75, 3.05) is 20.1 Å². The van der Waals surface area contributed by atoms with E-state index in [1.165, 1.54) is 13.8 Å². The Balaban J connectivity index is 1.49. The van der Waals surface area contributed by atoms with Crippen LogP contribution in [-0.4, -0.2) is 71.6 Å². The summed E-state index contributed by atoms with van der Waals surface area (Å²) in [5, 5.41) is 0.848. The smallest absolute Gasteiger partial charge is 0.308 e. The standard InChI is InChI=1S/C33H38Cl2N2O6/c1-18(2)17-37(28(40)15-21-6-8-23(34)24(35)14-21)25-10-11-33(43-20(4)39)27-16-22-7-9-26(41-19(3)38)30-29(22)32(33,31(25)42-30)12-13-36(27)5/h6-9,14,18,25,27,31H,10-13,15-17H2,1-5H3/t25-,27-,31+,32+,33-/m1/s1. The zero-order valence-corrected chi connectivity index (χ0v) is 26.8. The molecule has 0 unspecified atom stereocenters. The van der Waals surface area contributed by atoms with E-state index in [9.17, 15) is 14.4 Å². The lowest BCUT2D eigenvalue weighted by Gasteiger charge is -2.65. The maximum atomic E-state index is 14.2. The van der Waals surface area contributed by atoms with Crippen molar-refractivity contribution in [3.63, 3.8) is 0 Å². The molecule has 230 valence electrons. The number of rotatable bonds is 7. The van der Waals surface area contributed by atoms with E-state index in [4.69, 9.17) is 37.4 Å². The van der Waals surface area contributed by atoms with Gasteiger partial charge in [-0.3, -0.25) is 19.3 Å². The molecule has 2 aliphatic heterocycles. The van der Waals surface area contributed by atoms with Crippen LogP contribution in [0.4, 0.5) is 0 Å². The van der Waals surface area contributed by atoms with E-state index in [-0.39, 0.29) is 36.3 Å². The number of benzene rings is 2. The van der Waals surface area contributed by atoms with Crippen molar-refractivity contribution in [2.45, 2.75) is 89.0 Å². The number of hydrogen-bond donors (Lipinski definition) is 0. The average molecular weight is 630 g/mol. The second-order valence-electron chi connectivity index (χ2n) is 12.9. The molecule has 5 atom stereocenters. The van der Waals surface area contributed by atoms with Gasteiger partial charge in [0, 0.05) is 26.0 Å². The molecule has 2 bridgehead atoms. The highest BCUT2D eigenvalue weighted by atomic mass is 35.5. The fraction of sp³-hybridized carbons (Fsp3) is 0.545. The highest BCUT2D eigenvalue weighted by Crippen LogP contribution is 2.67. The predicted molar refractivity (Wildman–Crippen MR) is 163 cm³/mol. The van der Waals surface area contributed by atoms with E-state index in [1.54, 1.807) is 18.2 Å². The predicted octanol–water partition coefficient (Wildman–Crippen LogP) is 5.37. The molecule has 2 aromatic rings. The number of likely N-dealkylation sites (tertiary alicyclic amines) is 1. The highest BCUT2D eigenvalue weighted by molar-refractivity contribution is 6.42. The summed E-state index contributed by atoms with van der Waals surface area (Å²) in [6, 6.07) is 8.74. The van der Waals surface area contributed by atoms with Gasteiger partial charge in [-0.15, -0.1) is 0 Å². The molecule has 1 amide bonds. The van der Waals surface area contributed by atoms with E-state index in [0.717, 1.165) is 23.2 Å². The van der Waals surface area contributed by atoms with Crippen molar-refractivity contribution in [1.82, 2.24) is 9.80 Å². The van der Waals surface area contributed by atoms with Gasteiger partial charge in [0.05, 0.1) is 34.0 Å². The van der Waals surface area contributed by atoms with E-state index >= 15 is 0 Å². The third-order valence-electron chi connectivity index (χ3n) is 9.84. The van der Waals surface area contributed by atoms with Gasteiger partial charge < -0.3 is 19.1 Å². The lowest BCUT2D eigenvalue weighted by Crippen LogP contribution is -2.79. The van der Waals surface area contributed by atoms with Crippen LogP contribution in [0.1, 0.15) is 63.6 Å². The Morgan fingerprint density at radius 2 is 1.86 bits per heavy atom. The van der Waals surface area contributed by atoms with Crippen LogP contribution in [0.15, 0.2) is 30.3 Å². The van der Waals surface area contributed by atoms with Crippen molar-refractivity contribution in [2.24, 2.45) is 5.92 Å². The van der Waals surface area contributed by atoms with Gasteiger partial charge in [-0.2, -0.15) is 0 Å². The molecule has 10 heteroatoms. The Hall–Kier alpha value is -2.81. The van der Waals surface area contributed by atoms with Crippen molar-refractivity contribution < 1.29 is 28.6 Å². The molecule has 0 radical (unpaired) electrons. The fourth-order valence-corrected chi connectivity index (χ4v) is 8.77. The first-order valence-electron chi connectivity index (χ1n) is 15.0. The lowest BCUT2D eigenvalue weighted by molar-refractivity contribution is -0.222. The topological polar surface area (TPSA) is 85.4 Å².